The van der Waals surface area contributed by atoms with E-state index in [1.54, 1.807) is 24.3 Å². The average molecular weight is 389 g/mol. The number of alkyl halides is 3. The second kappa shape index (κ2) is 7.73. The first-order valence-electron chi connectivity index (χ1n) is 7.26. The van der Waals surface area contributed by atoms with Gasteiger partial charge in [0, 0.05) is 6.20 Å². The van der Waals surface area contributed by atoms with Crippen LogP contribution in [0, 0.1) is 0 Å². The number of nitrogens with zero attached hydrogens (tertiary/aromatic N) is 1. The number of benzene rings is 1. The SMILES string of the molecule is COC(=O)c1ccc(CCc2ncccc2OS(=O)(=O)C(F)(F)F)cc1. The first-order valence-corrected chi connectivity index (χ1v) is 8.67. The maximum absolute atomic E-state index is 12.5. The lowest BCUT2D eigenvalue weighted by atomic mass is 10.1. The second-order valence-electron chi connectivity index (χ2n) is 5.12. The fourth-order valence-corrected chi connectivity index (χ4v) is 2.52. The van der Waals surface area contributed by atoms with Crippen molar-refractivity contribution >= 4 is 16.1 Å². The molecule has 0 spiro atoms. The van der Waals surface area contributed by atoms with Gasteiger partial charge in [0.15, 0.2) is 5.75 Å². The van der Waals surface area contributed by atoms with E-state index in [2.05, 4.69) is 13.9 Å². The molecule has 10 heteroatoms. The lowest BCUT2D eigenvalue weighted by Gasteiger charge is -2.12. The molecule has 0 aliphatic rings. The molecule has 1 aromatic heterocycles. The van der Waals surface area contributed by atoms with Crippen LogP contribution < -0.4 is 4.18 Å². The van der Waals surface area contributed by atoms with Crippen molar-refractivity contribution in [2.75, 3.05) is 7.11 Å². The molecule has 0 fully saturated rings. The summed E-state index contributed by atoms with van der Waals surface area (Å²) in [6, 6.07) is 8.78. The highest BCUT2D eigenvalue weighted by atomic mass is 32.2. The summed E-state index contributed by atoms with van der Waals surface area (Å²) >= 11 is 0. The Morgan fingerprint density at radius 3 is 2.35 bits per heavy atom. The van der Waals surface area contributed by atoms with Gasteiger partial charge in [-0.3, -0.25) is 4.98 Å². The van der Waals surface area contributed by atoms with Crippen molar-refractivity contribution in [3.63, 3.8) is 0 Å². The Labute approximate surface area is 147 Å². The molecule has 0 saturated heterocycles. The summed E-state index contributed by atoms with van der Waals surface area (Å²) in [5.41, 5.74) is -4.33. The zero-order chi connectivity index (χ0) is 19.4. The maximum Gasteiger partial charge on any atom is 0.534 e. The monoisotopic (exact) mass is 389 g/mol. The largest absolute Gasteiger partial charge is 0.534 e. The van der Waals surface area contributed by atoms with E-state index < -0.39 is 27.3 Å². The predicted octanol–water partition coefficient (Wildman–Crippen LogP) is 2.88. The normalized spacial score (nSPS) is 11.8. The Morgan fingerprint density at radius 1 is 1.12 bits per heavy atom. The van der Waals surface area contributed by atoms with Gasteiger partial charge in [-0.25, -0.2) is 4.79 Å². The number of halogens is 3. The quantitative estimate of drug-likeness (QED) is 0.429. The Balaban J connectivity index is 2.12. The van der Waals surface area contributed by atoms with E-state index >= 15 is 0 Å². The van der Waals surface area contributed by atoms with Gasteiger partial charge in [-0.2, -0.15) is 21.6 Å². The highest BCUT2D eigenvalue weighted by Crippen LogP contribution is 2.28. The number of hydrogen-bond acceptors (Lipinski definition) is 6. The highest BCUT2D eigenvalue weighted by Gasteiger charge is 2.48. The summed E-state index contributed by atoms with van der Waals surface area (Å²) in [6.07, 6.45) is 1.81. The fourth-order valence-electron chi connectivity index (χ4n) is 2.04. The first-order chi connectivity index (χ1) is 12.1. The molecule has 0 N–H and O–H groups in total. The van der Waals surface area contributed by atoms with E-state index in [9.17, 15) is 26.4 Å². The van der Waals surface area contributed by atoms with Gasteiger partial charge in [-0.15, -0.1) is 0 Å². The predicted molar refractivity (Wildman–Crippen MR) is 85.0 cm³/mol. The van der Waals surface area contributed by atoms with Crippen LogP contribution in [0.5, 0.6) is 5.75 Å². The standard InChI is InChI=1S/C16H14F3NO5S/c1-24-15(21)12-7-4-11(5-8-12)6-9-13-14(3-2-10-20-13)25-26(22,23)16(17,18)19/h2-5,7-8,10H,6,9H2,1H3. The van der Waals surface area contributed by atoms with E-state index in [-0.39, 0.29) is 12.1 Å². The zero-order valence-corrected chi connectivity index (χ0v) is 14.3. The van der Waals surface area contributed by atoms with Crippen molar-refractivity contribution in [2.24, 2.45) is 0 Å². The van der Waals surface area contributed by atoms with Gasteiger partial charge in [0.05, 0.1) is 18.4 Å². The van der Waals surface area contributed by atoms with Crippen LogP contribution in [-0.4, -0.2) is 32.0 Å². The number of pyridine rings is 1. The number of carbonyl (C=O) groups excluding carboxylic acids is 1. The van der Waals surface area contributed by atoms with Crippen LogP contribution in [0.1, 0.15) is 21.6 Å². The molecule has 0 bridgehead atoms. The summed E-state index contributed by atoms with van der Waals surface area (Å²) in [5, 5.41) is 0. The van der Waals surface area contributed by atoms with Crippen molar-refractivity contribution in [1.82, 2.24) is 4.98 Å². The fraction of sp³-hybridized carbons (Fsp3) is 0.250. The number of hydrogen-bond donors (Lipinski definition) is 0. The van der Waals surface area contributed by atoms with E-state index in [4.69, 9.17) is 0 Å². The molecule has 2 rings (SSSR count). The molecule has 0 unspecified atom stereocenters. The maximum atomic E-state index is 12.5. The molecular formula is C16H14F3NO5S. The molecule has 1 aromatic carbocycles. The van der Waals surface area contributed by atoms with Crippen molar-refractivity contribution in [3.05, 3.63) is 59.4 Å². The van der Waals surface area contributed by atoms with Gasteiger partial charge in [0.25, 0.3) is 0 Å². The third kappa shape index (κ3) is 4.72. The van der Waals surface area contributed by atoms with Gasteiger partial charge in [0.1, 0.15) is 0 Å². The summed E-state index contributed by atoms with van der Waals surface area (Å²) in [7, 11) is -4.51. The Bertz CT molecular complexity index is 880. The molecule has 0 aliphatic heterocycles. The number of aryl methyl sites for hydroxylation is 2. The van der Waals surface area contributed by atoms with Crippen LogP contribution in [0.25, 0.3) is 0 Å². The molecule has 0 aliphatic carbocycles. The number of aromatic nitrogens is 1. The minimum atomic E-state index is -5.77. The molecule has 0 amide bonds. The van der Waals surface area contributed by atoms with Crippen molar-refractivity contribution < 1.29 is 35.3 Å². The Morgan fingerprint density at radius 2 is 1.77 bits per heavy atom. The Hall–Kier alpha value is -2.62. The van der Waals surface area contributed by atoms with Crippen molar-refractivity contribution in [2.45, 2.75) is 18.3 Å². The van der Waals surface area contributed by atoms with Crippen LogP contribution in [0.3, 0.4) is 0 Å². The molecule has 2 aromatic rings. The van der Waals surface area contributed by atoms with Gasteiger partial charge in [-0.05, 0) is 42.7 Å². The van der Waals surface area contributed by atoms with Crippen LogP contribution in [-0.2, 0) is 27.7 Å². The number of rotatable bonds is 6. The minimum absolute atomic E-state index is 0.0670. The molecule has 26 heavy (non-hydrogen) atoms. The third-order valence-electron chi connectivity index (χ3n) is 3.36. The molecule has 0 radical (unpaired) electrons. The lowest BCUT2D eigenvalue weighted by Crippen LogP contribution is -2.28. The number of carbonyl (C=O) groups is 1. The van der Waals surface area contributed by atoms with Gasteiger partial charge in [0.2, 0.25) is 0 Å². The third-order valence-corrected chi connectivity index (χ3v) is 4.32. The highest BCUT2D eigenvalue weighted by molar-refractivity contribution is 7.88. The van der Waals surface area contributed by atoms with Crippen molar-refractivity contribution in [1.29, 1.82) is 0 Å². The molecule has 0 saturated carbocycles. The number of methoxy groups -OCH3 is 1. The number of esters is 1. The van der Waals surface area contributed by atoms with Crippen LogP contribution in [0.2, 0.25) is 0 Å². The summed E-state index contributed by atoms with van der Waals surface area (Å²) in [5.74, 6) is -0.967. The van der Waals surface area contributed by atoms with Crippen LogP contribution in [0.15, 0.2) is 42.6 Å². The van der Waals surface area contributed by atoms with E-state index in [0.29, 0.717) is 12.0 Å². The lowest BCUT2D eigenvalue weighted by molar-refractivity contribution is -0.0500. The molecule has 1 heterocycles. The molecule has 6 nitrogen and oxygen atoms in total. The molecule has 0 atom stereocenters. The van der Waals surface area contributed by atoms with E-state index in [0.717, 1.165) is 11.6 Å². The first kappa shape index (κ1) is 19.7. The van der Waals surface area contributed by atoms with Crippen LogP contribution >= 0.6 is 0 Å². The van der Waals surface area contributed by atoms with Crippen LogP contribution in [0.4, 0.5) is 13.2 Å². The van der Waals surface area contributed by atoms with Gasteiger partial charge >= 0.3 is 21.6 Å². The molecular weight excluding hydrogens is 375 g/mol. The minimum Gasteiger partial charge on any atom is -0.465 e. The smallest absolute Gasteiger partial charge is 0.465 e. The molecule has 140 valence electrons. The topological polar surface area (TPSA) is 82.6 Å². The summed E-state index contributed by atoms with van der Waals surface area (Å²) in [6.45, 7) is 0. The Kier molecular flexibility index (Phi) is 5.86. The zero-order valence-electron chi connectivity index (χ0n) is 13.5. The van der Waals surface area contributed by atoms with Crippen molar-refractivity contribution in [3.8, 4) is 5.75 Å². The summed E-state index contributed by atoms with van der Waals surface area (Å²) in [4.78, 5) is 15.3. The van der Waals surface area contributed by atoms with E-state index in [1.165, 1.54) is 19.4 Å². The summed E-state index contributed by atoms with van der Waals surface area (Å²) < 4.78 is 68.5. The second-order valence-corrected chi connectivity index (χ2v) is 6.66. The van der Waals surface area contributed by atoms with Gasteiger partial charge in [-0.1, -0.05) is 12.1 Å². The van der Waals surface area contributed by atoms with E-state index in [1.807, 2.05) is 0 Å². The number of ether oxygens (including phenoxy) is 1. The van der Waals surface area contributed by atoms with Gasteiger partial charge < -0.3 is 8.92 Å². The average Bonchev–Trinajstić information content (AvgIpc) is 2.59.